The minimum absolute atomic E-state index is 0.674. The van der Waals surface area contributed by atoms with E-state index in [0.29, 0.717) is 12.1 Å². The van der Waals surface area contributed by atoms with Gasteiger partial charge in [0.15, 0.2) is 0 Å². The summed E-state index contributed by atoms with van der Waals surface area (Å²) in [6.07, 6.45) is 0. The summed E-state index contributed by atoms with van der Waals surface area (Å²) >= 11 is 0. The van der Waals surface area contributed by atoms with Gasteiger partial charge in [0.25, 0.3) is 0 Å². The Balaban J connectivity index is 1.97. The van der Waals surface area contributed by atoms with Gasteiger partial charge in [0.1, 0.15) is 11.5 Å². The maximum atomic E-state index is 8.77. The molecule has 0 amide bonds. The molecule has 21 heavy (non-hydrogen) atoms. The Morgan fingerprint density at radius 2 is 1.76 bits per heavy atom. The van der Waals surface area contributed by atoms with E-state index in [4.69, 9.17) is 14.7 Å². The fourth-order valence-electron chi connectivity index (χ4n) is 2.06. The second-order valence-electron chi connectivity index (χ2n) is 4.59. The summed E-state index contributed by atoms with van der Waals surface area (Å²) < 4.78 is 10.6. The molecule has 0 fully saturated rings. The van der Waals surface area contributed by atoms with Crippen molar-refractivity contribution in [1.82, 2.24) is 5.32 Å². The van der Waals surface area contributed by atoms with Crippen molar-refractivity contribution in [2.75, 3.05) is 14.2 Å². The molecule has 0 aromatic heterocycles. The zero-order chi connectivity index (χ0) is 15.1. The van der Waals surface area contributed by atoms with E-state index in [1.807, 2.05) is 42.5 Å². The Labute approximate surface area is 124 Å². The first-order chi connectivity index (χ1) is 10.3. The number of nitriles is 1. The molecule has 0 radical (unpaired) electrons. The second kappa shape index (κ2) is 7.32. The van der Waals surface area contributed by atoms with Gasteiger partial charge in [0.2, 0.25) is 0 Å². The first-order valence-electron chi connectivity index (χ1n) is 6.67. The largest absolute Gasteiger partial charge is 0.497 e. The van der Waals surface area contributed by atoms with Crippen molar-refractivity contribution in [3.8, 4) is 17.6 Å². The molecular formula is C17H18N2O2. The molecule has 0 aliphatic heterocycles. The molecule has 0 heterocycles. The van der Waals surface area contributed by atoms with E-state index >= 15 is 0 Å². The summed E-state index contributed by atoms with van der Waals surface area (Å²) in [7, 11) is 3.31. The minimum Gasteiger partial charge on any atom is -0.497 e. The van der Waals surface area contributed by atoms with E-state index in [1.54, 1.807) is 14.2 Å². The summed E-state index contributed by atoms with van der Waals surface area (Å²) in [5, 5.41) is 12.1. The van der Waals surface area contributed by atoms with Gasteiger partial charge in [-0.15, -0.1) is 0 Å². The number of nitrogens with zero attached hydrogens (tertiary/aromatic N) is 1. The van der Waals surface area contributed by atoms with Crippen LogP contribution in [0.5, 0.6) is 11.5 Å². The third-order valence-corrected chi connectivity index (χ3v) is 3.22. The lowest BCUT2D eigenvalue weighted by atomic mass is 10.1. The molecule has 0 aliphatic carbocycles. The Bertz CT molecular complexity index is 630. The van der Waals surface area contributed by atoms with Gasteiger partial charge in [-0.3, -0.25) is 0 Å². The first-order valence-corrected chi connectivity index (χ1v) is 6.67. The number of rotatable bonds is 6. The van der Waals surface area contributed by atoms with Crippen LogP contribution < -0.4 is 14.8 Å². The van der Waals surface area contributed by atoms with Gasteiger partial charge >= 0.3 is 0 Å². The molecule has 0 bridgehead atoms. The number of ether oxygens (including phenoxy) is 2. The zero-order valence-electron chi connectivity index (χ0n) is 12.2. The van der Waals surface area contributed by atoms with Crippen LogP contribution in [0.3, 0.4) is 0 Å². The predicted molar refractivity (Wildman–Crippen MR) is 81.2 cm³/mol. The highest BCUT2D eigenvalue weighted by Gasteiger charge is 2.04. The maximum absolute atomic E-state index is 8.77. The summed E-state index contributed by atoms with van der Waals surface area (Å²) in [5.41, 5.74) is 2.86. The molecular weight excluding hydrogens is 264 g/mol. The van der Waals surface area contributed by atoms with E-state index < -0.39 is 0 Å². The van der Waals surface area contributed by atoms with E-state index in [0.717, 1.165) is 29.2 Å². The summed E-state index contributed by atoms with van der Waals surface area (Å²) in [6.45, 7) is 1.41. The fourth-order valence-corrected chi connectivity index (χ4v) is 2.06. The average molecular weight is 282 g/mol. The number of hydrogen-bond donors (Lipinski definition) is 1. The lowest BCUT2D eigenvalue weighted by Gasteiger charge is -2.11. The topological polar surface area (TPSA) is 54.3 Å². The molecule has 2 rings (SSSR count). The second-order valence-corrected chi connectivity index (χ2v) is 4.59. The third kappa shape index (κ3) is 3.98. The predicted octanol–water partition coefficient (Wildman–Crippen LogP) is 2.87. The van der Waals surface area contributed by atoms with Crippen molar-refractivity contribution in [1.29, 1.82) is 5.26 Å². The van der Waals surface area contributed by atoms with E-state index in [9.17, 15) is 0 Å². The molecule has 0 unspecified atom stereocenters. The molecule has 0 saturated heterocycles. The maximum Gasteiger partial charge on any atom is 0.123 e. The molecule has 0 aliphatic rings. The van der Waals surface area contributed by atoms with Crippen LogP contribution in [0.4, 0.5) is 0 Å². The molecule has 108 valence electrons. The highest BCUT2D eigenvalue weighted by atomic mass is 16.5. The van der Waals surface area contributed by atoms with Crippen LogP contribution in [0.25, 0.3) is 0 Å². The van der Waals surface area contributed by atoms with Crippen molar-refractivity contribution in [3.05, 3.63) is 59.2 Å². The number of methoxy groups -OCH3 is 2. The number of benzene rings is 2. The van der Waals surface area contributed by atoms with Crippen LogP contribution in [0, 0.1) is 11.3 Å². The van der Waals surface area contributed by atoms with Crippen LogP contribution in [0.15, 0.2) is 42.5 Å². The van der Waals surface area contributed by atoms with Crippen LogP contribution in [0.2, 0.25) is 0 Å². The Morgan fingerprint density at radius 3 is 2.38 bits per heavy atom. The third-order valence-electron chi connectivity index (χ3n) is 3.22. The van der Waals surface area contributed by atoms with Gasteiger partial charge < -0.3 is 14.8 Å². The Morgan fingerprint density at radius 1 is 1.00 bits per heavy atom. The Hall–Kier alpha value is -2.51. The highest BCUT2D eigenvalue weighted by molar-refractivity contribution is 5.40. The minimum atomic E-state index is 0.674. The quantitative estimate of drug-likeness (QED) is 0.885. The molecule has 4 heteroatoms. The molecule has 4 nitrogen and oxygen atoms in total. The van der Waals surface area contributed by atoms with Crippen LogP contribution in [-0.2, 0) is 13.1 Å². The summed E-state index contributed by atoms with van der Waals surface area (Å²) in [6, 6.07) is 15.4. The van der Waals surface area contributed by atoms with Crippen LogP contribution in [-0.4, -0.2) is 14.2 Å². The van der Waals surface area contributed by atoms with Gasteiger partial charge in [0.05, 0.1) is 25.9 Å². The van der Waals surface area contributed by atoms with E-state index in [2.05, 4.69) is 11.4 Å². The van der Waals surface area contributed by atoms with Crippen molar-refractivity contribution in [2.24, 2.45) is 0 Å². The summed E-state index contributed by atoms with van der Waals surface area (Å²) in [5.74, 6) is 1.65. The van der Waals surface area contributed by atoms with Gasteiger partial charge in [-0.2, -0.15) is 5.26 Å². The van der Waals surface area contributed by atoms with Gasteiger partial charge in [-0.05, 0) is 35.9 Å². The monoisotopic (exact) mass is 282 g/mol. The molecule has 0 saturated carbocycles. The summed E-state index contributed by atoms with van der Waals surface area (Å²) in [4.78, 5) is 0. The highest BCUT2D eigenvalue weighted by Crippen LogP contribution is 2.23. The van der Waals surface area contributed by atoms with Crippen LogP contribution >= 0.6 is 0 Å². The average Bonchev–Trinajstić information content (AvgIpc) is 2.55. The van der Waals surface area contributed by atoms with Crippen molar-refractivity contribution >= 4 is 0 Å². The van der Waals surface area contributed by atoms with Crippen molar-refractivity contribution in [3.63, 3.8) is 0 Å². The fraction of sp³-hybridized carbons (Fsp3) is 0.235. The van der Waals surface area contributed by atoms with E-state index in [1.165, 1.54) is 0 Å². The molecule has 0 atom stereocenters. The molecule has 2 aromatic carbocycles. The van der Waals surface area contributed by atoms with Crippen molar-refractivity contribution < 1.29 is 9.47 Å². The smallest absolute Gasteiger partial charge is 0.123 e. The standard InChI is InChI=1S/C17H18N2O2/c1-20-16-7-8-17(21-2)15(9-16)12-19-11-14-5-3-13(10-18)4-6-14/h3-9,19H,11-12H2,1-2H3. The first kappa shape index (κ1) is 14.9. The number of hydrogen-bond acceptors (Lipinski definition) is 4. The molecule has 1 N–H and O–H groups in total. The zero-order valence-corrected chi connectivity index (χ0v) is 12.2. The van der Waals surface area contributed by atoms with Gasteiger partial charge in [-0.1, -0.05) is 12.1 Å². The molecule has 2 aromatic rings. The SMILES string of the molecule is COc1ccc(OC)c(CNCc2ccc(C#N)cc2)c1. The lowest BCUT2D eigenvalue weighted by Crippen LogP contribution is -2.13. The molecule has 0 spiro atoms. The number of nitrogens with one attached hydrogen (secondary N) is 1. The van der Waals surface area contributed by atoms with Gasteiger partial charge in [0, 0.05) is 18.7 Å². The lowest BCUT2D eigenvalue weighted by molar-refractivity contribution is 0.397. The van der Waals surface area contributed by atoms with Crippen LogP contribution in [0.1, 0.15) is 16.7 Å². The van der Waals surface area contributed by atoms with Gasteiger partial charge in [-0.25, -0.2) is 0 Å². The Kier molecular flexibility index (Phi) is 5.19. The normalized spacial score (nSPS) is 9.95. The van der Waals surface area contributed by atoms with E-state index in [-0.39, 0.29) is 0 Å². The van der Waals surface area contributed by atoms with Crippen molar-refractivity contribution in [2.45, 2.75) is 13.1 Å².